The van der Waals surface area contributed by atoms with Gasteiger partial charge in [-0.3, -0.25) is 4.79 Å². The lowest BCUT2D eigenvalue weighted by Crippen LogP contribution is -2.35. The lowest BCUT2D eigenvalue weighted by atomic mass is 10.2. The van der Waals surface area contributed by atoms with Crippen LogP contribution in [0.3, 0.4) is 0 Å². The average molecular weight is 311 g/mol. The fourth-order valence-electron chi connectivity index (χ4n) is 1.56. The minimum atomic E-state index is -0.172. The Balaban J connectivity index is 2.00. The Hall–Kier alpha value is -1.85. The van der Waals surface area contributed by atoms with Crippen LogP contribution in [0.4, 0.5) is 5.82 Å². The first kappa shape index (κ1) is 14.6. The van der Waals surface area contributed by atoms with Crippen LogP contribution in [0, 0.1) is 0 Å². The molecule has 1 aromatic carbocycles. The van der Waals surface area contributed by atoms with Crippen LogP contribution in [0.25, 0.3) is 0 Å². The molecule has 0 saturated heterocycles. The van der Waals surface area contributed by atoms with Crippen molar-refractivity contribution in [1.29, 1.82) is 0 Å². The Morgan fingerprint density at radius 3 is 2.70 bits per heavy atom. The lowest BCUT2D eigenvalue weighted by Gasteiger charge is -2.19. The molecule has 1 aromatic heterocycles. The Morgan fingerprint density at radius 1 is 1.30 bits per heavy atom. The minimum Gasteiger partial charge on any atom is -0.341 e. The number of rotatable bonds is 4. The third-order valence-electron chi connectivity index (χ3n) is 2.57. The molecule has 0 saturated carbocycles. The normalized spacial score (nSPS) is 10.2. The smallest absolute Gasteiger partial charge is 0.252 e. The highest BCUT2D eigenvalue weighted by Gasteiger charge is 2.11. The molecule has 1 heterocycles. The molecule has 1 N–H and O–H groups in total. The Labute approximate surface area is 126 Å². The maximum absolute atomic E-state index is 11.9. The molecule has 7 heteroatoms. The van der Waals surface area contributed by atoms with E-state index >= 15 is 0 Å². The van der Waals surface area contributed by atoms with E-state index in [-0.39, 0.29) is 17.9 Å². The average Bonchev–Trinajstić information content (AvgIpc) is 2.47. The summed E-state index contributed by atoms with van der Waals surface area (Å²) in [7, 11) is 1.75. The van der Waals surface area contributed by atoms with E-state index in [4.69, 9.17) is 23.2 Å². The van der Waals surface area contributed by atoms with Crippen LogP contribution in [0.2, 0.25) is 10.3 Å². The van der Waals surface area contributed by atoms with E-state index in [2.05, 4.69) is 15.3 Å². The van der Waals surface area contributed by atoms with Crippen LogP contribution in [0.1, 0.15) is 10.4 Å². The number of nitrogens with one attached hydrogen (secondary N) is 1. The van der Waals surface area contributed by atoms with Crippen molar-refractivity contribution in [3.8, 4) is 0 Å². The number of carbonyl (C=O) groups excluding carboxylic acids is 1. The molecule has 0 radical (unpaired) electrons. The highest BCUT2D eigenvalue weighted by molar-refractivity contribution is 6.33. The standard InChI is InChI=1S/C13H12Cl2N4O/c1-19(11-10(14)7-16-13(15)18-11)8-17-12(20)9-5-3-2-4-6-9/h2-7H,8H2,1H3,(H,17,20). The van der Waals surface area contributed by atoms with Crippen LogP contribution in [-0.4, -0.2) is 29.6 Å². The van der Waals surface area contributed by atoms with Gasteiger partial charge in [-0.1, -0.05) is 29.8 Å². The molecule has 1 amide bonds. The quantitative estimate of drug-likeness (QED) is 0.696. The summed E-state index contributed by atoms with van der Waals surface area (Å²) in [4.78, 5) is 21.4. The minimum absolute atomic E-state index is 0.102. The van der Waals surface area contributed by atoms with Gasteiger partial charge in [0, 0.05) is 12.6 Å². The predicted octanol–water partition coefficient (Wildman–Crippen LogP) is 2.61. The van der Waals surface area contributed by atoms with Crippen LogP contribution in [-0.2, 0) is 0 Å². The van der Waals surface area contributed by atoms with E-state index in [0.29, 0.717) is 16.4 Å². The maximum atomic E-state index is 11.9. The van der Waals surface area contributed by atoms with E-state index in [1.807, 2.05) is 6.07 Å². The monoisotopic (exact) mass is 310 g/mol. The van der Waals surface area contributed by atoms with Gasteiger partial charge in [-0.2, -0.15) is 4.98 Å². The predicted molar refractivity (Wildman–Crippen MR) is 79.2 cm³/mol. The number of anilines is 1. The second-order valence-electron chi connectivity index (χ2n) is 4.04. The first-order valence-corrected chi connectivity index (χ1v) is 6.56. The zero-order valence-corrected chi connectivity index (χ0v) is 12.2. The van der Waals surface area contributed by atoms with Gasteiger partial charge in [-0.05, 0) is 23.7 Å². The fourth-order valence-corrected chi connectivity index (χ4v) is 1.93. The third-order valence-corrected chi connectivity index (χ3v) is 3.02. The topological polar surface area (TPSA) is 58.1 Å². The van der Waals surface area contributed by atoms with Crippen LogP contribution in [0.15, 0.2) is 36.5 Å². The van der Waals surface area contributed by atoms with Gasteiger partial charge in [-0.15, -0.1) is 0 Å². The molecule has 0 fully saturated rings. The lowest BCUT2D eigenvalue weighted by molar-refractivity contribution is 0.0954. The Kier molecular flexibility index (Phi) is 4.76. The molecule has 0 atom stereocenters. The van der Waals surface area contributed by atoms with Crippen molar-refractivity contribution < 1.29 is 4.79 Å². The van der Waals surface area contributed by atoms with E-state index in [1.54, 1.807) is 36.2 Å². The van der Waals surface area contributed by atoms with Crippen molar-refractivity contribution in [2.75, 3.05) is 18.6 Å². The molecular weight excluding hydrogens is 299 g/mol. The van der Waals surface area contributed by atoms with E-state index < -0.39 is 0 Å². The van der Waals surface area contributed by atoms with Gasteiger partial charge in [0.15, 0.2) is 5.82 Å². The van der Waals surface area contributed by atoms with Crippen molar-refractivity contribution in [1.82, 2.24) is 15.3 Å². The van der Waals surface area contributed by atoms with Gasteiger partial charge in [-0.25, -0.2) is 4.98 Å². The molecule has 0 spiro atoms. The van der Waals surface area contributed by atoms with Crippen LogP contribution in [0.5, 0.6) is 0 Å². The van der Waals surface area contributed by atoms with Crippen LogP contribution < -0.4 is 10.2 Å². The summed E-state index contributed by atoms with van der Waals surface area (Å²) in [6, 6.07) is 8.94. The second-order valence-corrected chi connectivity index (χ2v) is 4.78. The molecule has 0 aliphatic heterocycles. The number of nitrogens with zero attached hydrogens (tertiary/aromatic N) is 3. The summed E-state index contributed by atoms with van der Waals surface area (Å²) in [5.74, 6) is 0.286. The Morgan fingerprint density at radius 2 is 2.00 bits per heavy atom. The number of benzene rings is 1. The number of carbonyl (C=O) groups is 1. The van der Waals surface area contributed by atoms with Crippen molar-refractivity contribution in [2.45, 2.75) is 0 Å². The summed E-state index contributed by atoms with van der Waals surface area (Å²) in [6.07, 6.45) is 1.42. The Bertz CT molecular complexity index is 607. The maximum Gasteiger partial charge on any atom is 0.252 e. The fraction of sp³-hybridized carbons (Fsp3) is 0.154. The zero-order chi connectivity index (χ0) is 14.5. The second kappa shape index (κ2) is 6.54. The van der Waals surface area contributed by atoms with Gasteiger partial charge < -0.3 is 10.2 Å². The summed E-state index contributed by atoms with van der Waals surface area (Å²) >= 11 is 11.7. The molecule has 5 nitrogen and oxygen atoms in total. The van der Waals surface area contributed by atoms with Crippen molar-refractivity contribution >= 4 is 34.9 Å². The molecule has 20 heavy (non-hydrogen) atoms. The van der Waals surface area contributed by atoms with E-state index in [0.717, 1.165) is 0 Å². The van der Waals surface area contributed by atoms with Gasteiger partial charge >= 0.3 is 0 Å². The number of aromatic nitrogens is 2. The molecule has 104 valence electrons. The molecule has 2 aromatic rings. The SMILES string of the molecule is CN(CNC(=O)c1ccccc1)c1nc(Cl)ncc1Cl. The molecule has 0 unspecified atom stereocenters. The van der Waals surface area contributed by atoms with Gasteiger partial charge in [0.2, 0.25) is 5.28 Å². The van der Waals surface area contributed by atoms with E-state index in [9.17, 15) is 4.79 Å². The van der Waals surface area contributed by atoms with Crippen molar-refractivity contribution in [3.05, 3.63) is 52.4 Å². The molecule has 0 bridgehead atoms. The largest absolute Gasteiger partial charge is 0.341 e. The van der Waals surface area contributed by atoms with E-state index in [1.165, 1.54) is 6.20 Å². The first-order valence-electron chi connectivity index (χ1n) is 5.80. The number of hydrogen-bond donors (Lipinski definition) is 1. The number of halogens is 2. The first-order chi connectivity index (χ1) is 9.58. The highest BCUT2D eigenvalue weighted by atomic mass is 35.5. The summed E-state index contributed by atoms with van der Waals surface area (Å²) in [6.45, 7) is 0.251. The molecule has 2 rings (SSSR count). The summed E-state index contributed by atoms with van der Waals surface area (Å²) in [5.41, 5.74) is 0.590. The highest BCUT2D eigenvalue weighted by Crippen LogP contribution is 2.22. The summed E-state index contributed by atoms with van der Waals surface area (Å²) in [5, 5.41) is 3.24. The van der Waals surface area contributed by atoms with Crippen molar-refractivity contribution in [3.63, 3.8) is 0 Å². The number of amides is 1. The van der Waals surface area contributed by atoms with Crippen molar-refractivity contribution in [2.24, 2.45) is 0 Å². The third kappa shape index (κ3) is 3.59. The van der Waals surface area contributed by atoms with Gasteiger partial charge in [0.05, 0.1) is 12.9 Å². The number of hydrogen-bond acceptors (Lipinski definition) is 4. The van der Waals surface area contributed by atoms with Gasteiger partial charge in [0.25, 0.3) is 5.91 Å². The molecule has 0 aliphatic carbocycles. The van der Waals surface area contributed by atoms with Crippen LogP contribution >= 0.6 is 23.2 Å². The molecular formula is C13H12Cl2N4O. The summed E-state index contributed by atoms with van der Waals surface area (Å²) < 4.78 is 0. The molecule has 0 aliphatic rings. The zero-order valence-electron chi connectivity index (χ0n) is 10.7. The van der Waals surface area contributed by atoms with Gasteiger partial charge in [0.1, 0.15) is 5.02 Å².